The molecular formula is C10H15N3O. The van der Waals surface area contributed by atoms with Crippen molar-refractivity contribution in [3.05, 3.63) is 12.3 Å². The Labute approximate surface area is 83.1 Å². The van der Waals surface area contributed by atoms with Gasteiger partial charge in [0.05, 0.1) is 6.54 Å². The summed E-state index contributed by atoms with van der Waals surface area (Å²) >= 11 is 0. The summed E-state index contributed by atoms with van der Waals surface area (Å²) < 4.78 is 5.09. The fourth-order valence-electron chi connectivity index (χ4n) is 2.99. The maximum atomic E-state index is 5.09. The van der Waals surface area contributed by atoms with Crippen LogP contribution in [-0.4, -0.2) is 16.2 Å². The van der Waals surface area contributed by atoms with E-state index in [0.29, 0.717) is 11.9 Å². The summed E-state index contributed by atoms with van der Waals surface area (Å²) in [5, 5.41) is 11.0. The van der Waals surface area contributed by atoms with Crippen LogP contribution in [0.2, 0.25) is 0 Å². The van der Waals surface area contributed by atoms with Crippen LogP contribution in [0.1, 0.15) is 31.6 Å². The van der Waals surface area contributed by atoms with Gasteiger partial charge in [-0.3, -0.25) is 0 Å². The Hall–Kier alpha value is -0.900. The second-order valence-corrected chi connectivity index (χ2v) is 4.49. The van der Waals surface area contributed by atoms with Crippen molar-refractivity contribution in [2.75, 3.05) is 0 Å². The van der Waals surface area contributed by atoms with Gasteiger partial charge in [-0.25, -0.2) is 0 Å². The van der Waals surface area contributed by atoms with Crippen molar-refractivity contribution in [2.24, 2.45) is 11.8 Å². The molecule has 2 aliphatic rings. The predicted molar refractivity (Wildman–Crippen MR) is 50.4 cm³/mol. The fourth-order valence-corrected chi connectivity index (χ4v) is 2.99. The molecule has 0 amide bonds. The van der Waals surface area contributed by atoms with E-state index in [0.717, 1.165) is 18.4 Å². The molecule has 0 aliphatic heterocycles. The lowest BCUT2D eigenvalue weighted by Gasteiger charge is -2.21. The molecule has 1 aromatic rings. The third-order valence-electron chi connectivity index (χ3n) is 3.66. The Morgan fingerprint density at radius 1 is 1.43 bits per heavy atom. The van der Waals surface area contributed by atoms with Crippen molar-refractivity contribution in [1.29, 1.82) is 0 Å². The Kier molecular flexibility index (Phi) is 2.01. The Balaban J connectivity index is 1.54. The van der Waals surface area contributed by atoms with E-state index in [2.05, 4.69) is 15.5 Å². The van der Waals surface area contributed by atoms with E-state index in [-0.39, 0.29) is 0 Å². The zero-order chi connectivity index (χ0) is 9.38. The standard InChI is InChI=1S/C10H15N3O/c1-2-8-3-7(1)4-9(8)11-5-10-13-12-6-14-10/h6-9,11H,1-5H2. The molecule has 2 aliphatic carbocycles. The van der Waals surface area contributed by atoms with Gasteiger partial charge in [0, 0.05) is 6.04 Å². The molecular weight excluding hydrogens is 178 g/mol. The highest BCUT2D eigenvalue weighted by Gasteiger charge is 2.39. The lowest BCUT2D eigenvalue weighted by atomic mass is 9.95. The molecule has 1 heterocycles. The molecule has 4 heteroatoms. The Morgan fingerprint density at radius 2 is 2.43 bits per heavy atom. The smallest absolute Gasteiger partial charge is 0.229 e. The van der Waals surface area contributed by atoms with Gasteiger partial charge in [0.1, 0.15) is 0 Å². The van der Waals surface area contributed by atoms with E-state index in [1.165, 1.54) is 32.1 Å². The zero-order valence-corrected chi connectivity index (χ0v) is 8.15. The molecule has 0 spiro atoms. The maximum Gasteiger partial charge on any atom is 0.229 e. The molecule has 2 saturated carbocycles. The number of nitrogens with zero attached hydrogens (tertiary/aromatic N) is 2. The minimum absolute atomic E-state index is 0.695. The van der Waals surface area contributed by atoms with Crippen LogP contribution in [0, 0.1) is 11.8 Å². The first-order valence-electron chi connectivity index (χ1n) is 5.40. The van der Waals surface area contributed by atoms with Gasteiger partial charge in [0.2, 0.25) is 12.3 Å². The van der Waals surface area contributed by atoms with Gasteiger partial charge in [-0.2, -0.15) is 0 Å². The summed E-state index contributed by atoms with van der Waals surface area (Å²) in [6, 6.07) is 0.695. The summed E-state index contributed by atoms with van der Waals surface area (Å²) in [5.74, 6) is 2.59. The quantitative estimate of drug-likeness (QED) is 0.787. The Morgan fingerprint density at radius 3 is 3.07 bits per heavy atom. The summed E-state index contributed by atoms with van der Waals surface area (Å²) in [6.45, 7) is 0.730. The van der Waals surface area contributed by atoms with Gasteiger partial charge in [0.15, 0.2) is 0 Å². The number of hydrogen-bond donors (Lipinski definition) is 1. The van der Waals surface area contributed by atoms with Gasteiger partial charge in [0.25, 0.3) is 0 Å². The van der Waals surface area contributed by atoms with E-state index < -0.39 is 0 Å². The van der Waals surface area contributed by atoms with Crippen molar-refractivity contribution in [3.63, 3.8) is 0 Å². The van der Waals surface area contributed by atoms with Crippen LogP contribution in [0.3, 0.4) is 0 Å². The molecule has 2 bridgehead atoms. The topological polar surface area (TPSA) is 51.0 Å². The van der Waals surface area contributed by atoms with Crippen molar-refractivity contribution in [1.82, 2.24) is 15.5 Å². The minimum Gasteiger partial charge on any atom is -0.427 e. The van der Waals surface area contributed by atoms with Gasteiger partial charge in [-0.05, 0) is 31.1 Å². The molecule has 3 atom stereocenters. The van der Waals surface area contributed by atoms with E-state index in [4.69, 9.17) is 4.42 Å². The molecule has 2 fully saturated rings. The van der Waals surface area contributed by atoms with Gasteiger partial charge in [-0.15, -0.1) is 10.2 Å². The first kappa shape index (κ1) is 8.41. The minimum atomic E-state index is 0.695. The number of hydrogen-bond acceptors (Lipinski definition) is 4. The van der Waals surface area contributed by atoms with Crippen LogP contribution in [0.5, 0.6) is 0 Å². The van der Waals surface area contributed by atoms with E-state index in [1.807, 2.05) is 0 Å². The van der Waals surface area contributed by atoms with Crippen LogP contribution in [-0.2, 0) is 6.54 Å². The van der Waals surface area contributed by atoms with Crippen molar-refractivity contribution in [3.8, 4) is 0 Å². The first-order chi connectivity index (χ1) is 6.92. The monoisotopic (exact) mass is 193 g/mol. The highest BCUT2D eigenvalue weighted by molar-refractivity contribution is 4.94. The van der Waals surface area contributed by atoms with Gasteiger partial charge in [-0.1, -0.05) is 6.42 Å². The SMILES string of the molecule is c1nnc(CNC2CC3CCC2C3)o1. The maximum absolute atomic E-state index is 5.09. The van der Waals surface area contributed by atoms with Crippen LogP contribution in [0.25, 0.3) is 0 Å². The van der Waals surface area contributed by atoms with Crippen molar-refractivity contribution >= 4 is 0 Å². The highest BCUT2D eigenvalue weighted by atomic mass is 16.4. The van der Waals surface area contributed by atoms with Crippen molar-refractivity contribution in [2.45, 2.75) is 38.3 Å². The van der Waals surface area contributed by atoms with E-state index in [9.17, 15) is 0 Å². The van der Waals surface area contributed by atoms with E-state index in [1.54, 1.807) is 0 Å². The molecule has 0 radical (unpaired) electrons. The van der Waals surface area contributed by atoms with Crippen LogP contribution in [0.4, 0.5) is 0 Å². The fraction of sp³-hybridized carbons (Fsp3) is 0.800. The number of fused-ring (bicyclic) bond motifs is 2. The lowest BCUT2D eigenvalue weighted by molar-refractivity contribution is 0.334. The second kappa shape index (κ2) is 3.35. The summed E-state index contributed by atoms with van der Waals surface area (Å²) in [6.07, 6.45) is 7.02. The lowest BCUT2D eigenvalue weighted by Crippen LogP contribution is -2.33. The van der Waals surface area contributed by atoms with Crippen LogP contribution in [0.15, 0.2) is 10.8 Å². The average molecular weight is 193 g/mol. The zero-order valence-electron chi connectivity index (χ0n) is 8.15. The van der Waals surface area contributed by atoms with Crippen LogP contribution < -0.4 is 5.32 Å². The molecule has 1 aromatic heterocycles. The number of nitrogens with one attached hydrogen (secondary N) is 1. The third kappa shape index (κ3) is 1.43. The summed E-state index contributed by atoms with van der Waals surface area (Å²) in [7, 11) is 0. The molecule has 3 rings (SSSR count). The molecule has 76 valence electrons. The normalized spacial score (nSPS) is 35.3. The van der Waals surface area contributed by atoms with Gasteiger partial charge >= 0.3 is 0 Å². The third-order valence-corrected chi connectivity index (χ3v) is 3.66. The van der Waals surface area contributed by atoms with Crippen molar-refractivity contribution < 1.29 is 4.42 Å². The number of rotatable bonds is 3. The highest BCUT2D eigenvalue weighted by Crippen LogP contribution is 2.44. The molecule has 3 unspecified atom stereocenters. The molecule has 14 heavy (non-hydrogen) atoms. The van der Waals surface area contributed by atoms with Gasteiger partial charge < -0.3 is 9.73 Å². The Bertz CT molecular complexity index is 298. The molecule has 1 N–H and O–H groups in total. The summed E-state index contributed by atoms with van der Waals surface area (Å²) in [4.78, 5) is 0. The number of aromatic nitrogens is 2. The predicted octanol–water partition coefficient (Wildman–Crippen LogP) is 1.35. The molecule has 0 saturated heterocycles. The second-order valence-electron chi connectivity index (χ2n) is 4.49. The first-order valence-corrected chi connectivity index (χ1v) is 5.40. The average Bonchev–Trinajstić information content (AvgIpc) is 2.91. The summed E-state index contributed by atoms with van der Waals surface area (Å²) in [5.41, 5.74) is 0. The molecule has 0 aromatic carbocycles. The van der Waals surface area contributed by atoms with Crippen LogP contribution >= 0.6 is 0 Å². The molecule has 4 nitrogen and oxygen atoms in total. The van der Waals surface area contributed by atoms with E-state index >= 15 is 0 Å². The largest absolute Gasteiger partial charge is 0.427 e.